The molecule has 1 aliphatic carbocycles. The molecule has 0 amide bonds. The molecule has 0 radical (unpaired) electrons. The minimum absolute atomic E-state index is 0.114. The van der Waals surface area contributed by atoms with Crippen molar-refractivity contribution in [3.8, 4) is 0 Å². The number of hydrogen-bond acceptors (Lipinski definition) is 2. The molecule has 1 spiro atoms. The number of ether oxygens (including phenoxy) is 1. The fourth-order valence-electron chi connectivity index (χ4n) is 4.71. The minimum atomic E-state index is -4.30. The van der Waals surface area contributed by atoms with Crippen LogP contribution in [0.5, 0.6) is 0 Å². The van der Waals surface area contributed by atoms with Gasteiger partial charge in [-0.1, -0.05) is 24.3 Å². The van der Waals surface area contributed by atoms with Gasteiger partial charge in [-0.3, -0.25) is 4.98 Å². The standard InChI is InChI=1S/C22H18F3NO/c23-22(24,25)17-6-3-14(4-7-17)18-11-21(12-27-13-21)20(18)16-5-8-19-15(10-16)2-1-9-26-19/h1-10,18,20H,11-13H2. The first-order chi connectivity index (χ1) is 13.0. The largest absolute Gasteiger partial charge is 0.416 e. The molecule has 27 heavy (non-hydrogen) atoms. The van der Waals surface area contributed by atoms with Crippen LogP contribution in [-0.2, 0) is 10.9 Å². The molecule has 3 aromatic rings. The Balaban J connectivity index is 1.51. The fraction of sp³-hybridized carbons (Fsp3) is 0.318. The van der Waals surface area contributed by atoms with Gasteiger partial charge in [0.15, 0.2) is 0 Å². The lowest BCUT2D eigenvalue weighted by Gasteiger charge is -2.60. The van der Waals surface area contributed by atoms with Crippen molar-refractivity contribution in [1.82, 2.24) is 4.98 Å². The molecule has 0 bridgehead atoms. The van der Waals surface area contributed by atoms with Gasteiger partial charge in [-0.05, 0) is 53.8 Å². The van der Waals surface area contributed by atoms with Gasteiger partial charge in [0.2, 0.25) is 0 Å². The molecule has 1 saturated carbocycles. The van der Waals surface area contributed by atoms with Crippen molar-refractivity contribution < 1.29 is 17.9 Å². The number of fused-ring (bicyclic) bond motifs is 1. The number of rotatable bonds is 2. The van der Waals surface area contributed by atoms with Crippen LogP contribution in [0.1, 0.15) is 34.9 Å². The molecular formula is C22H18F3NO. The molecule has 2 aromatic carbocycles. The number of hydrogen-bond donors (Lipinski definition) is 0. The highest BCUT2D eigenvalue weighted by Gasteiger charge is 2.58. The van der Waals surface area contributed by atoms with E-state index < -0.39 is 11.7 Å². The van der Waals surface area contributed by atoms with Crippen LogP contribution < -0.4 is 0 Å². The Bertz CT molecular complexity index is 992. The maximum absolute atomic E-state index is 12.9. The summed E-state index contributed by atoms with van der Waals surface area (Å²) in [5, 5.41) is 1.09. The summed E-state index contributed by atoms with van der Waals surface area (Å²) < 4.78 is 44.1. The molecule has 5 rings (SSSR count). The summed E-state index contributed by atoms with van der Waals surface area (Å²) in [6.45, 7) is 1.44. The monoisotopic (exact) mass is 369 g/mol. The predicted octanol–water partition coefficient (Wildman–Crippen LogP) is 5.54. The van der Waals surface area contributed by atoms with Crippen molar-refractivity contribution in [1.29, 1.82) is 0 Å². The van der Waals surface area contributed by atoms with Gasteiger partial charge in [0.1, 0.15) is 0 Å². The quantitative estimate of drug-likeness (QED) is 0.592. The smallest absolute Gasteiger partial charge is 0.380 e. The Hall–Kier alpha value is -2.40. The van der Waals surface area contributed by atoms with Crippen LogP contribution in [0.4, 0.5) is 13.2 Å². The van der Waals surface area contributed by atoms with E-state index in [2.05, 4.69) is 17.1 Å². The second-order valence-electron chi connectivity index (χ2n) is 7.72. The van der Waals surface area contributed by atoms with Gasteiger partial charge in [-0.25, -0.2) is 0 Å². The number of pyridine rings is 1. The summed E-state index contributed by atoms with van der Waals surface area (Å²) in [6.07, 6.45) is -1.57. The zero-order chi connectivity index (χ0) is 18.6. The first kappa shape index (κ1) is 16.8. The van der Waals surface area contributed by atoms with Gasteiger partial charge in [0.05, 0.1) is 24.3 Å². The van der Waals surface area contributed by atoms with E-state index in [1.165, 1.54) is 17.7 Å². The third-order valence-electron chi connectivity index (χ3n) is 6.12. The van der Waals surface area contributed by atoms with Crippen LogP contribution in [0.3, 0.4) is 0 Å². The molecule has 0 N–H and O–H groups in total. The molecule has 2 atom stereocenters. The summed E-state index contributed by atoms with van der Waals surface area (Å²) in [5.41, 5.74) is 2.65. The van der Waals surface area contributed by atoms with Gasteiger partial charge >= 0.3 is 6.18 Å². The number of alkyl halides is 3. The third kappa shape index (κ3) is 2.64. The first-order valence-corrected chi connectivity index (χ1v) is 9.06. The Morgan fingerprint density at radius 3 is 2.37 bits per heavy atom. The molecule has 2 fully saturated rings. The van der Waals surface area contributed by atoms with Crippen molar-refractivity contribution in [3.63, 3.8) is 0 Å². The predicted molar refractivity (Wildman–Crippen MR) is 96.5 cm³/mol. The van der Waals surface area contributed by atoms with E-state index in [1.54, 1.807) is 18.3 Å². The van der Waals surface area contributed by atoms with Crippen LogP contribution >= 0.6 is 0 Å². The van der Waals surface area contributed by atoms with Crippen molar-refractivity contribution in [2.75, 3.05) is 13.2 Å². The Labute approximate surface area is 155 Å². The van der Waals surface area contributed by atoms with Crippen molar-refractivity contribution in [2.45, 2.75) is 24.4 Å². The fourth-order valence-corrected chi connectivity index (χ4v) is 4.71. The van der Waals surface area contributed by atoms with Gasteiger partial charge in [0.25, 0.3) is 0 Å². The maximum atomic E-state index is 12.9. The Kier molecular flexibility index (Phi) is 3.60. The molecule has 1 aliphatic heterocycles. The average Bonchev–Trinajstić information content (AvgIpc) is 2.59. The van der Waals surface area contributed by atoms with E-state index in [-0.39, 0.29) is 17.3 Å². The number of benzene rings is 2. The number of nitrogens with zero attached hydrogens (tertiary/aromatic N) is 1. The SMILES string of the molecule is FC(F)(F)c1ccc(C2CC3(COC3)C2c2ccc3ncccc3c2)cc1. The highest BCUT2D eigenvalue weighted by Crippen LogP contribution is 2.64. The van der Waals surface area contributed by atoms with Gasteiger partial charge in [0, 0.05) is 22.9 Å². The molecule has 2 nitrogen and oxygen atoms in total. The molecule has 1 saturated heterocycles. The highest BCUT2D eigenvalue weighted by atomic mass is 19.4. The van der Waals surface area contributed by atoms with Crippen molar-refractivity contribution in [3.05, 3.63) is 77.5 Å². The first-order valence-electron chi connectivity index (χ1n) is 9.06. The van der Waals surface area contributed by atoms with E-state index in [0.717, 1.165) is 36.1 Å². The molecule has 2 unspecified atom stereocenters. The lowest BCUT2D eigenvalue weighted by Crippen LogP contribution is -2.57. The molecular weight excluding hydrogens is 351 g/mol. The van der Waals surface area contributed by atoms with E-state index in [4.69, 9.17) is 4.74 Å². The molecule has 138 valence electrons. The summed E-state index contributed by atoms with van der Waals surface area (Å²) in [6, 6.07) is 15.9. The molecule has 2 heterocycles. The Morgan fingerprint density at radius 1 is 0.963 bits per heavy atom. The van der Waals surface area contributed by atoms with Crippen molar-refractivity contribution in [2.24, 2.45) is 5.41 Å². The number of halogens is 3. The van der Waals surface area contributed by atoms with Gasteiger partial charge < -0.3 is 4.74 Å². The van der Waals surface area contributed by atoms with Crippen LogP contribution in [-0.4, -0.2) is 18.2 Å². The second-order valence-corrected chi connectivity index (χ2v) is 7.72. The van der Waals surface area contributed by atoms with E-state index in [9.17, 15) is 13.2 Å². The van der Waals surface area contributed by atoms with Crippen LogP contribution in [0.2, 0.25) is 0 Å². The highest BCUT2D eigenvalue weighted by molar-refractivity contribution is 5.79. The van der Waals surface area contributed by atoms with Crippen LogP contribution in [0, 0.1) is 5.41 Å². The van der Waals surface area contributed by atoms with E-state index >= 15 is 0 Å². The third-order valence-corrected chi connectivity index (χ3v) is 6.12. The Morgan fingerprint density at radius 2 is 1.70 bits per heavy atom. The summed E-state index contributed by atoms with van der Waals surface area (Å²) in [4.78, 5) is 4.37. The molecule has 1 aromatic heterocycles. The molecule has 5 heteroatoms. The molecule has 2 aliphatic rings. The maximum Gasteiger partial charge on any atom is 0.416 e. The van der Waals surface area contributed by atoms with Crippen molar-refractivity contribution >= 4 is 10.9 Å². The van der Waals surface area contributed by atoms with Crippen LogP contribution in [0.15, 0.2) is 60.8 Å². The van der Waals surface area contributed by atoms with E-state index in [0.29, 0.717) is 0 Å². The second kappa shape index (κ2) is 5.80. The average molecular weight is 369 g/mol. The summed E-state index contributed by atoms with van der Waals surface area (Å²) >= 11 is 0. The lowest BCUT2D eigenvalue weighted by molar-refractivity contribution is -0.181. The normalized spacial score (nSPS) is 23.8. The van der Waals surface area contributed by atoms with E-state index in [1.807, 2.05) is 18.2 Å². The zero-order valence-corrected chi connectivity index (χ0v) is 14.5. The van der Waals surface area contributed by atoms with Gasteiger partial charge in [-0.15, -0.1) is 0 Å². The van der Waals surface area contributed by atoms with Crippen LogP contribution in [0.25, 0.3) is 10.9 Å². The van der Waals surface area contributed by atoms with Gasteiger partial charge in [-0.2, -0.15) is 13.2 Å². The minimum Gasteiger partial charge on any atom is -0.380 e. The summed E-state index contributed by atoms with van der Waals surface area (Å²) in [7, 11) is 0. The topological polar surface area (TPSA) is 22.1 Å². The summed E-state index contributed by atoms with van der Waals surface area (Å²) in [5.74, 6) is 0.470. The lowest BCUT2D eigenvalue weighted by atomic mass is 9.49. The number of aromatic nitrogens is 1. The zero-order valence-electron chi connectivity index (χ0n) is 14.5.